The predicted octanol–water partition coefficient (Wildman–Crippen LogP) is 2.24. The summed E-state index contributed by atoms with van der Waals surface area (Å²) in [7, 11) is 0. The first-order valence-corrected chi connectivity index (χ1v) is 18.9. The average Bonchev–Trinajstić information content (AvgIpc) is 3.09. The zero-order chi connectivity index (χ0) is 39.9. The summed E-state index contributed by atoms with van der Waals surface area (Å²) < 4.78 is 75.7. The van der Waals surface area contributed by atoms with Crippen molar-refractivity contribution in [1.29, 1.82) is 0 Å². The van der Waals surface area contributed by atoms with Crippen LogP contribution in [0.15, 0.2) is 0 Å². The van der Waals surface area contributed by atoms with Crippen LogP contribution in [0, 0.1) is 0 Å². The highest BCUT2D eigenvalue weighted by Gasteiger charge is 2.16. The van der Waals surface area contributed by atoms with Gasteiger partial charge in [-0.1, -0.05) is 0 Å². The van der Waals surface area contributed by atoms with E-state index in [1.165, 1.54) is 0 Å². The molecule has 54 heavy (non-hydrogen) atoms. The van der Waals surface area contributed by atoms with Crippen molar-refractivity contribution < 1.29 is 75.9 Å². The van der Waals surface area contributed by atoms with Crippen molar-refractivity contribution in [1.82, 2.24) is 10.6 Å². The summed E-state index contributed by atoms with van der Waals surface area (Å²) >= 11 is 0. The summed E-state index contributed by atoms with van der Waals surface area (Å²) in [5.74, 6) is 0. The molecule has 0 aromatic heterocycles. The minimum atomic E-state index is -0.517. The molecule has 0 bridgehead atoms. The molecular formula is C36H72N2O16. The number of hydrogen-bond donors (Lipinski definition) is 2. The highest BCUT2D eigenvalue weighted by Crippen LogP contribution is 2.06. The van der Waals surface area contributed by atoms with Gasteiger partial charge >= 0.3 is 12.2 Å². The highest BCUT2D eigenvalue weighted by atomic mass is 16.6. The molecule has 0 aliphatic rings. The third-order valence-electron chi connectivity index (χ3n) is 5.92. The summed E-state index contributed by atoms with van der Waals surface area (Å²) in [6.07, 6.45) is -0.913. The Balaban J connectivity index is 3.13. The Bertz CT molecular complexity index is 763. The molecule has 0 unspecified atom stereocenters. The van der Waals surface area contributed by atoms with E-state index in [1.54, 1.807) is 0 Å². The van der Waals surface area contributed by atoms with Crippen molar-refractivity contribution in [2.45, 2.75) is 52.7 Å². The number of alkyl carbamates (subject to hydrolysis) is 2. The highest BCUT2D eigenvalue weighted by molar-refractivity contribution is 5.67. The second kappa shape index (κ2) is 38.0. The normalized spacial score (nSPS) is 11.9. The molecular weight excluding hydrogens is 716 g/mol. The van der Waals surface area contributed by atoms with Gasteiger partial charge in [-0.3, -0.25) is 0 Å². The lowest BCUT2D eigenvalue weighted by atomic mass is 10.2. The van der Waals surface area contributed by atoms with Crippen molar-refractivity contribution in [3.8, 4) is 0 Å². The van der Waals surface area contributed by atoms with E-state index in [4.69, 9.17) is 66.3 Å². The van der Waals surface area contributed by atoms with Crippen LogP contribution in [-0.4, -0.2) is 195 Å². The van der Waals surface area contributed by atoms with Crippen LogP contribution in [0.1, 0.15) is 41.5 Å². The molecule has 0 atom stereocenters. The van der Waals surface area contributed by atoms with Crippen molar-refractivity contribution in [3.63, 3.8) is 0 Å². The van der Waals surface area contributed by atoms with Crippen molar-refractivity contribution in [2.24, 2.45) is 0 Å². The van der Waals surface area contributed by atoms with Crippen LogP contribution in [0.2, 0.25) is 0 Å². The van der Waals surface area contributed by atoms with Gasteiger partial charge in [-0.15, -0.1) is 0 Å². The Morgan fingerprint density at radius 2 is 0.444 bits per heavy atom. The molecule has 2 amide bonds. The summed E-state index contributed by atoms with van der Waals surface area (Å²) in [4.78, 5) is 23.0. The molecule has 18 heteroatoms. The monoisotopic (exact) mass is 788 g/mol. The predicted molar refractivity (Wildman–Crippen MR) is 198 cm³/mol. The average molecular weight is 789 g/mol. The maximum atomic E-state index is 11.5. The molecule has 0 heterocycles. The SMILES string of the molecule is CC(C)(C)OC(=O)NCCOCCOCCOCCOCCOCCOCCOCCOCCOCCOCCOCCOCCNC(=O)OC(C)(C)C. The largest absolute Gasteiger partial charge is 0.444 e. The third-order valence-corrected chi connectivity index (χ3v) is 5.92. The van der Waals surface area contributed by atoms with Crippen LogP contribution in [-0.2, 0) is 66.3 Å². The molecule has 0 fully saturated rings. The molecule has 0 rings (SSSR count). The molecule has 0 saturated heterocycles. The maximum absolute atomic E-state index is 11.5. The first kappa shape index (κ1) is 52.1. The number of nitrogens with one attached hydrogen (secondary N) is 2. The second-order valence-electron chi connectivity index (χ2n) is 13.2. The third kappa shape index (κ3) is 46.2. The van der Waals surface area contributed by atoms with Gasteiger partial charge in [0.1, 0.15) is 11.2 Å². The van der Waals surface area contributed by atoms with E-state index < -0.39 is 23.4 Å². The standard InChI is InChI=1S/C36H72N2O16/c1-35(2,3)53-33(39)37-7-9-41-11-13-43-15-17-45-19-21-47-23-25-49-27-29-51-31-32-52-30-28-50-26-24-48-22-20-46-18-16-44-14-12-42-10-8-38-34(40)54-36(4,5)6/h7-32H2,1-6H3,(H,37,39)(H,38,40). The van der Waals surface area contributed by atoms with Gasteiger partial charge in [0.25, 0.3) is 0 Å². The summed E-state index contributed by atoms with van der Waals surface area (Å²) in [6.45, 7) is 22.8. The lowest BCUT2D eigenvalue weighted by Crippen LogP contribution is -2.34. The van der Waals surface area contributed by atoms with Gasteiger partial charge in [0.15, 0.2) is 0 Å². The lowest BCUT2D eigenvalue weighted by molar-refractivity contribution is -0.0283. The Labute approximate surface area is 323 Å². The summed E-state index contributed by atoms with van der Waals surface area (Å²) in [5, 5.41) is 5.26. The summed E-state index contributed by atoms with van der Waals surface area (Å²) in [6, 6.07) is 0. The van der Waals surface area contributed by atoms with Crippen LogP contribution < -0.4 is 10.6 Å². The minimum absolute atomic E-state index is 0.377. The number of ether oxygens (including phenoxy) is 14. The molecule has 18 nitrogen and oxygen atoms in total. The zero-order valence-corrected chi connectivity index (χ0v) is 33.9. The van der Waals surface area contributed by atoms with E-state index in [-0.39, 0.29) is 0 Å². The number of carbonyl (C=O) groups is 2. The van der Waals surface area contributed by atoms with E-state index >= 15 is 0 Å². The van der Waals surface area contributed by atoms with Gasteiger partial charge in [0, 0.05) is 13.1 Å². The first-order valence-electron chi connectivity index (χ1n) is 18.9. The molecule has 0 aromatic carbocycles. The van der Waals surface area contributed by atoms with Crippen LogP contribution in [0.25, 0.3) is 0 Å². The van der Waals surface area contributed by atoms with Gasteiger partial charge in [-0.05, 0) is 41.5 Å². The van der Waals surface area contributed by atoms with Crippen LogP contribution in [0.3, 0.4) is 0 Å². The molecule has 0 aliphatic carbocycles. The van der Waals surface area contributed by atoms with Crippen molar-refractivity contribution in [3.05, 3.63) is 0 Å². The van der Waals surface area contributed by atoms with E-state index in [2.05, 4.69) is 10.6 Å². The number of amides is 2. The number of hydrogen-bond acceptors (Lipinski definition) is 16. The van der Waals surface area contributed by atoms with Crippen LogP contribution >= 0.6 is 0 Å². The summed E-state index contributed by atoms with van der Waals surface area (Å²) in [5.41, 5.74) is -1.03. The van der Waals surface area contributed by atoms with Gasteiger partial charge in [0.05, 0.1) is 159 Å². The minimum Gasteiger partial charge on any atom is -0.444 e. The van der Waals surface area contributed by atoms with Crippen molar-refractivity contribution >= 4 is 12.2 Å². The molecule has 0 radical (unpaired) electrons. The number of rotatable bonds is 39. The smallest absolute Gasteiger partial charge is 0.407 e. The van der Waals surface area contributed by atoms with Gasteiger partial charge < -0.3 is 76.9 Å². The molecule has 322 valence electrons. The van der Waals surface area contributed by atoms with Gasteiger partial charge in [0.2, 0.25) is 0 Å². The zero-order valence-electron chi connectivity index (χ0n) is 33.9. The lowest BCUT2D eigenvalue weighted by Gasteiger charge is -2.19. The van der Waals surface area contributed by atoms with Crippen LogP contribution in [0.4, 0.5) is 9.59 Å². The Morgan fingerprint density at radius 1 is 0.296 bits per heavy atom. The van der Waals surface area contributed by atoms with Crippen molar-refractivity contribution in [2.75, 3.05) is 172 Å². The molecule has 0 saturated carbocycles. The molecule has 0 aliphatic heterocycles. The maximum Gasteiger partial charge on any atom is 0.407 e. The van der Waals surface area contributed by atoms with E-state index in [0.29, 0.717) is 172 Å². The second-order valence-corrected chi connectivity index (χ2v) is 13.2. The number of carbonyl (C=O) groups excluding carboxylic acids is 2. The van der Waals surface area contributed by atoms with E-state index in [1.807, 2.05) is 41.5 Å². The molecule has 2 N–H and O–H groups in total. The Kier molecular flexibility index (Phi) is 36.6. The van der Waals surface area contributed by atoms with Crippen LogP contribution in [0.5, 0.6) is 0 Å². The quantitative estimate of drug-likeness (QED) is 0.0863. The molecule has 0 spiro atoms. The topological polar surface area (TPSA) is 187 Å². The van der Waals surface area contributed by atoms with E-state index in [9.17, 15) is 9.59 Å². The fourth-order valence-electron chi connectivity index (χ4n) is 3.60. The first-order chi connectivity index (χ1) is 26.0. The van der Waals surface area contributed by atoms with E-state index in [0.717, 1.165) is 0 Å². The molecule has 0 aromatic rings. The van der Waals surface area contributed by atoms with Gasteiger partial charge in [-0.2, -0.15) is 0 Å². The van der Waals surface area contributed by atoms with Gasteiger partial charge in [-0.25, -0.2) is 9.59 Å². The fourth-order valence-corrected chi connectivity index (χ4v) is 3.60. The fraction of sp³-hybridized carbons (Fsp3) is 0.944. The Hall–Kier alpha value is -1.94. The Morgan fingerprint density at radius 3 is 0.593 bits per heavy atom.